The molecule has 1 amide bonds. The molecule has 0 radical (unpaired) electrons. The topological polar surface area (TPSA) is 50.4 Å². The van der Waals surface area contributed by atoms with Crippen molar-refractivity contribution in [1.29, 1.82) is 0 Å². The highest BCUT2D eigenvalue weighted by atomic mass is 35.5. The van der Waals surface area contributed by atoms with E-state index in [1.54, 1.807) is 0 Å². The Kier molecular flexibility index (Phi) is 8.76. The van der Waals surface area contributed by atoms with Crippen LogP contribution in [0.25, 0.3) is 0 Å². The highest BCUT2D eigenvalue weighted by molar-refractivity contribution is 5.85. The number of halogens is 1. The van der Waals surface area contributed by atoms with E-state index >= 15 is 0 Å². The highest BCUT2D eigenvalue weighted by Gasteiger charge is 2.14. The SMILES string of the molecule is CCCOCC(=O)N[C@@H]1CCCNC1.Cl. The third-order valence-corrected chi connectivity index (χ3v) is 2.24. The summed E-state index contributed by atoms with van der Waals surface area (Å²) in [5.41, 5.74) is 0. The van der Waals surface area contributed by atoms with Crippen LogP contribution in [-0.2, 0) is 9.53 Å². The first-order valence-corrected chi connectivity index (χ1v) is 5.40. The average Bonchev–Trinajstić information content (AvgIpc) is 2.20. The molecule has 4 nitrogen and oxygen atoms in total. The summed E-state index contributed by atoms with van der Waals surface area (Å²) in [6.07, 6.45) is 3.17. The molecule has 5 heteroatoms. The summed E-state index contributed by atoms with van der Waals surface area (Å²) < 4.78 is 5.15. The van der Waals surface area contributed by atoms with Crippen LogP contribution in [0.3, 0.4) is 0 Å². The summed E-state index contributed by atoms with van der Waals surface area (Å²) in [7, 11) is 0. The van der Waals surface area contributed by atoms with Gasteiger partial charge in [0, 0.05) is 19.2 Å². The van der Waals surface area contributed by atoms with Crippen molar-refractivity contribution in [1.82, 2.24) is 10.6 Å². The number of carbonyl (C=O) groups is 1. The van der Waals surface area contributed by atoms with Crippen LogP contribution in [-0.4, -0.2) is 38.3 Å². The van der Waals surface area contributed by atoms with E-state index in [4.69, 9.17) is 4.74 Å². The Morgan fingerprint density at radius 3 is 3.00 bits per heavy atom. The summed E-state index contributed by atoms with van der Waals surface area (Å²) in [5.74, 6) is 0.00662. The number of amides is 1. The zero-order chi connectivity index (χ0) is 10.2. The van der Waals surface area contributed by atoms with E-state index in [9.17, 15) is 4.79 Å². The van der Waals surface area contributed by atoms with Gasteiger partial charge in [-0.3, -0.25) is 4.79 Å². The number of hydrogen-bond acceptors (Lipinski definition) is 3. The first-order chi connectivity index (χ1) is 6.83. The first-order valence-electron chi connectivity index (χ1n) is 5.40. The number of nitrogens with one attached hydrogen (secondary N) is 2. The van der Waals surface area contributed by atoms with Gasteiger partial charge < -0.3 is 15.4 Å². The number of ether oxygens (including phenoxy) is 1. The van der Waals surface area contributed by atoms with E-state index in [0.29, 0.717) is 12.6 Å². The second-order valence-electron chi connectivity index (χ2n) is 3.66. The first kappa shape index (κ1) is 14.7. The lowest BCUT2D eigenvalue weighted by molar-refractivity contribution is -0.126. The minimum Gasteiger partial charge on any atom is -0.372 e. The molecule has 0 aliphatic carbocycles. The second-order valence-corrected chi connectivity index (χ2v) is 3.66. The van der Waals surface area contributed by atoms with Gasteiger partial charge in [-0.05, 0) is 25.8 Å². The summed E-state index contributed by atoms with van der Waals surface area (Å²) in [5, 5.41) is 6.20. The Morgan fingerprint density at radius 2 is 2.40 bits per heavy atom. The molecule has 1 fully saturated rings. The van der Waals surface area contributed by atoms with Gasteiger partial charge in [0.1, 0.15) is 6.61 Å². The third-order valence-electron chi connectivity index (χ3n) is 2.24. The van der Waals surface area contributed by atoms with Gasteiger partial charge >= 0.3 is 0 Å². The predicted molar refractivity (Wildman–Crippen MR) is 62.4 cm³/mol. The molecule has 1 saturated heterocycles. The van der Waals surface area contributed by atoms with Crippen molar-refractivity contribution in [3.05, 3.63) is 0 Å². The second kappa shape index (κ2) is 8.95. The molecule has 0 aromatic carbocycles. The van der Waals surface area contributed by atoms with Gasteiger partial charge in [0.2, 0.25) is 5.91 Å². The number of hydrogen-bond donors (Lipinski definition) is 2. The van der Waals surface area contributed by atoms with Crippen molar-refractivity contribution in [2.45, 2.75) is 32.2 Å². The zero-order valence-corrected chi connectivity index (χ0v) is 10.1. The molecule has 0 bridgehead atoms. The molecular weight excluding hydrogens is 216 g/mol. The maximum Gasteiger partial charge on any atom is 0.246 e. The Labute approximate surface area is 97.5 Å². The van der Waals surface area contributed by atoms with Crippen LogP contribution < -0.4 is 10.6 Å². The molecule has 1 atom stereocenters. The zero-order valence-electron chi connectivity index (χ0n) is 9.25. The molecule has 1 aliphatic heterocycles. The van der Waals surface area contributed by atoms with Gasteiger partial charge in [0.05, 0.1) is 0 Å². The lowest BCUT2D eigenvalue weighted by atomic mass is 10.1. The van der Waals surface area contributed by atoms with Crippen LogP contribution >= 0.6 is 12.4 Å². The molecule has 1 rings (SSSR count). The van der Waals surface area contributed by atoms with Crippen LogP contribution in [0.5, 0.6) is 0 Å². The molecule has 1 heterocycles. The van der Waals surface area contributed by atoms with Crippen molar-refractivity contribution < 1.29 is 9.53 Å². The van der Waals surface area contributed by atoms with Gasteiger partial charge in [-0.2, -0.15) is 0 Å². The van der Waals surface area contributed by atoms with Crippen molar-refractivity contribution in [3.63, 3.8) is 0 Å². The fourth-order valence-corrected chi connectivity index (χ4v) is 1.55. The maximum absolute atomic E-state index is 11.3. The van der Waals surface area contributed by atoms with E-state index in [1.807, 2.05) is 6.92 Å². The molecule has 0 aromatic rings. The van der Waals surface area contributed by atoms with Crippen molar-refractivity contribution in [3.8, 4) is 0 Å². The molecule has 2 N–H and O–H groups in total. The van der Waals surface area contributed by atoms with Gasteiger partial charge in [0.25, 0.3) is 0 Å². The van der Waals surface area contributed by atoms with E-state index in [-0.39, 0.29) is 24.9 Å². The normalized spacial score (nSPS) is 20.5. The standard InChI is InChI=1S/C10H20N2O2.ClH/c1-2-6-14-8-10(13)12-9-4-3-5-11-7-9;/h9,11H,2-8H2,1H3,(H,12,13);1H/t9-;/m1./s1. The fourth-order valence-electron chi connectivity index (χ4n) is 1.55. The Bertz CT molecular complexity index is 173. The lowest BCUT2D eigenvalue weighted by Gasteiger charge is -2.23. The predicted octanol–water partition coefficient (Wildman–Crippen LogP) is 0.703. The summed E-state index contributed by atoms with van der Waals surface area (Å²) in [4.78, 5) is 11.3. The number of carbonyl (C=O) groups excluding carboxylic acids is 1. The summed E-state index contributed by atoms with van der Waals surface area (Å²) in [6, 6.07) is 0.293. The van der Waals surface area contributed by atoms with Crippen molar-refractivity contribution in [2.24, 2.45) is 0 Å². The fraction of sp³-hybridized carbons (Fsp3) is 0.900. The molecule has 0 unspecified atom stereocenters. The van der Waals surface area contributed by atoms with E-state index in [0.717, 1.165) is 32.4 Å². The van der Waals surface area contributed by atoms with Crippen LogP contribution in [0.4, 0.5) is 0 Å². The maximum atomic E-state index is 11.3. The molecular formula is C10H21ClN2O2. The van der Waals surface area contributed by atoms with Crippen LogP contribution in [0, 0.1) is 0 Å². The van der Waals surface area contributed by atoms with Gasteiger partial charge in [-0.15, -0.1) is 12.4 Å². The highest BCUT2D eigenvalue weighted by Crippen LogP contribution is 2.00. The van der Waals surface area contributed by atoms with Gasteiger partial charge in [0.15, 0.2) is 0 Å². The molecule has 1 aliphatic rings. The quantitative estimate of drug-likeness (QED) is 0.691. The largest absolute Gasteiger partial charge is 0.372 e. The van der Waals surface area contributed by atoms with E-state index in [2.05, 4.69) is 10.6 Å². The lowest BCUT2D eigenvalue weighted by Crippen LogP contribution is -2.46. The molecule has 0 aromatic heterocycles. The van der Waals surface area contributed by atoms with Gasteiger partial charge in [-0.25, -0.2) is 0 Å². The van der Waals surface area contributed by atoms with Crippen LogP contribution in [0.1, 0.15) is 26.2 Å². The van der Waals surface area contributed by atoms with E-state index in [1.165, 1.54) is 0 Å². The smallest absolute Gasteiger partial charge is 0.246 e. The van der Waals surface area contributed by atoms with Crippen molar-refractivity contribution >= 4 is 18.3 Å². The molecule has 0 spiro atoms. The van der Waals surface area contributed by atoms with Crippen molar-refractivity contribution in [2.75, 3.05) is 26.3 Å². The monoisotopic (exact) mass is 236 g/mol. The van der Waals surface area contributed by atoms with Crippen LogP contribution in [0.15, 0.2) is 0 Å². The Morgan fingerprint density at radius 1 is 1.60 bits per heavy atom. The molecule has 90 valence electrons. The molecule has 15 heavy (non-hydrogen) atoms. The molecule has 0 saturated carbocycles. The minimum absolute atomic E-state index is 0. The van der Waals surface area contributed by atoms with E-state index < -0.39 is 0 Å². The van der Waals surface area contributed by atoms with Crippen LogP contribution in [0.2, 0.25) is 0 Å². The minimum atomic E-state index is 0. The number of piperidine rings is 1. The Balaban J connectivity index is 0.00000196. The third kappa shape index (κ3) is 6.71. The summed E-state index contributed by atoms with van der Waals surface area (Å²) >= 11 is 0. The summed E-state index contributed by atoms with van der Waals surface area (Å²) in [6.45, 7) is 4.85. The average molecular weight is 237 g/mol. The number of rotatable bonds is 5. The Hall–Kier alpha value is -0.320. The van der Waals surface area contributed by atoms with Gasteiger partial charge in [-0.1, -0.05) is 6.92 Å².